The lowest BCUT2D eigenvalue weighted by Crippen LogP contribution is -2.24. The first-order valence-electron chi connectivity index (χ1n) is 7.30. The second-order valence-electron chi connectivity index (χ2n) is 5.28. The summed E-state index contributed by atoms with van der Waals surface area (Å²) in [7, 11) is 0. The van der Waals surface area contributed by atoms with Crippen molar-refractivity contribution in [2.24, 2.45) is 0 Å². The lowest BCUT2D eigenvalue weighted by molar-refractivity contribution is 0.472. The topological polar surface area (TPSA) is 12.0 Å². The molecule has 1 heteroatoms. The van der Waals surface area contributed by atoms with Gasteiger partial charge in [-0.2, -0.15) is 0 Å². The molecule has 0 amide bonds. The molecule has 0 saturated carbocycles. The van der Waals surface area contributed by atoms with E-state index in [9.17, 15) is 0 Å². The number of hydrogen-bond donors (Lipinski definition) is 1. The van der Waals surface area contributed by atoms with Crippen LogP contribution in [0.2, 0.25) is 0 Å². The van der Waals surface area contributed by atoms with E-state index in [2.05, 4.69) is 60.8 Å². The minimum Gasteiger partial charge on any atom is -0.310 e. The zero-order chi connectivity index (χ0) is 13.1. The number of aryl methyl sites for hydroxylation is 1. The van der Waals surface area contributed by atoms with Crippen LogP contribution in [-0.2, 0) is 6.42 Å². The lowest BCUT2D eigenvalue weighted by Gasteiger charge is -2.26. The van der Waals surface area contributed by atoms with Crippen molar-refractivity contribution in [3.63, 3.8) is 0 Å². The minimum absolute atomic E-state index is 0.539. The van der Waals surface area contributed by atoms with Crippen molar-refractivity contribution < 1.29 is 0 Å². The predicted molar refractivity (Wildman–Crippen MR) is 81.2 cm³/mol. The van der Waals surface area contributed by atoms with Crippen LogP contribution in [0.25, 0.3) is 11.1 Å². The van der Waals surface area contributed by atoms with Crippen LogP contribution >= 0.6 is 0 Å². The highest BCUT2D eigenvalue weighted by Gasteiger charge is 2.19. The molecule has 1 N–H and O–H groups in total. The molecule has 19 heavy (non-hydrogen) atoms. The molecule has 0 heterocycles. The quantitative estimate of drug-likeness (QED) is 0.855. The van der Waals surface area contributed by atoms with E-state index in [-0.39, 0.29) is 0 Å². The molecule has 1 unspecified atom stereocenters. The summed E-state index contributed by atoms with van der Waals surface area (Å²) in [6.07, 6.45) is 3.79. The molecule has 0 spiro atoms. The molecule has 1 atom stereocenters. The summed E-state index contributed by atoms with van der Waals surface area (Å²) in [5.74, 6) is 0. The summed E-state index contributed by atoms with van der Waals surface area (Å²) >= 11 is 0. The third-order valence-electron chi connectivity index (χ3n) is 4.02. The number of nitrogens with one attached hydrogen (secondary N) is 1. The maximum absolute atomic E-state index is 3.62. The first-order valence-corrected chi connectivity index (χ1v) is 7.30. The Hall–Kier alpha value is -1.60. The molecule has 3 rings (SSSR count). The Morgan fingerprint density at radius 2 is 1.89 bits per heavy atom. The van der Waals surface area contributed by atoms with Crippen LogP contribution in [-0.4, -0.2) is 6.54 Å². The molecule has 0 aliphatic heterocycles. The van der Waals surface area contributed by atoms with Crippen LogP contribution in [0.15, 0.2) is 48.5 Å². The predicted octanol–water partition coefficient (Wildman–Crippen LogP) is 4.34. The molecule has 0 aromatic heterocycles. The minimum atomic E-state index is 0.539. The molecule has 0 saturated heterocycles. The van der Waals surface area contributed by atoms with Gasteiger partial charge in [0.1, 0.15) is 0 Å². The van der Waals surface area contributed by atoms with Crippen molar-refractivity contribution in [1.29, 1.82) is 0 Å². The average molecular weight is 251 g/mol. The molecule has 1 nitrogen and oxygen atoms in total. The van der Waals surface area contributed by atoms with Crippen LogP contribution in [0.4, 0.5) is 0 Å². The van der Waals surface area contributed by atoms with Gasteiger partial charge in [-0.3, -0.25) is 0 Å². The number of hydrogen-bond acceptors (Lipinski definition) is 1. The van der Waals surface area contributed by atoms with E-state index >= 15 is 0 Å². The van der Waals surface area contributed by atoms with E-state index in [4.69, 9.17) is 0 Å². The van der Waals surface area contributed by atoms with Crippen molar-refractivity contribution in [3.05, 3.63) is 59.7 Å². The summed E-state index contributed by atoms with van der Waals surface area (Å²) < 4.78 is 0. The SMILES string of the molecule is CCNC1CCCc2ccc(-c3ccccc3)cc21. The zero-order valence-electron chi connectivity index (χ0n) is 11.5. The molecule has 0 radical (unpaired) electrons. The van der Waals surface area contributed by atoms with Gasteiger partial charge in [-0.25, -0.2) is 0 Å². The number of benzene rings is 2. The Bertz CT molecular complexity index is 545. The highest BCUT2D eigenvalue weighted by Crippen LogP contribution is 2.33. The smallest absolute Gasteiger partial charge is 0.0323 e. The maximum Gasteiger partial charge on any atom is 0.0323 e. The van der Waals surface area contributed by atoms with Crippen molar-refractivity contribution in [2.75, 3.05) is 6.54 Å². The van der Waals surface area contributed by atoms with Gasteiger partial charge in [-0.15, -0.1) is 0 Å². The van der Waals surface area contributed by atoms with E-state index in [0.29, 0.717) is 6.04 Å². The van der Waals surface area contributed by atoms with E-state index in [1.807, 2.05) is 0 Å². The van der Waals surface area contributed by atoms with Gasteiger partial charge in [-0.1, -0.05) is 49.4 Å². The largest absolute Gasteiger partial charge is 0.310 e. The maximum atomic E-state index is 3.62. The highest BCUT2D eigenvalue weighted by atomic mass is 14.9. The Morgan fingerprint density at radius 1 is 1.05 bits per heavy atom. The van der Waals surface area contributed by atoms with Crippen LogP contribution < -0.4 is 5.32 Å². The van der Waals surface area contributed by atoms with E-state index in [1.54, 1.807) is 0 Å². The van der Waals surface area contributed by atoms with Gasteiger partial charge >= 0.3 is 0 Å². The van der Waals surface area contributed by atoms with Gasteiger partial charge < -0.3 is 5.32 Å². The summed E-state index contributed by atoms with van der Waals surface area (Å²) in [4.78, 5) is 0. The monoisotopic (exact) mass is 251 g/mol. The Balaban J connectivity index is 2.00. The van der Waals surface area contributed by atoms with Crippen LogP contribution in [0, 0.1) is 0 Å². The van der Waals surface area contributed by atoms with E-state index in [0.717, 1.165) is 6.54 Å². The van der Waals surface area contributed by atoms with Crippen LogP contribution in [0.1, 0.15) is 36.9 Å². The third kappa shape index (κ3) is 2.57. The van der Waals surface area contributed by atoms with Gasteiger partial charge in [0, 0.05) is 6.04 Å². The summed E-state index contributed by atoms with van der Waals surface area (Å²) in [5.41, 5.74) is 5.68. The van der Waals surface area contributed by atoms with Crippen molar-refractivity contribution in [2.45, 2.75) is 32.2 Å². The second kappa shape index (κ2) is 5.58. The summed E-state index contributed by atoms with van der Waals surface area (Å²) in [5, 5.41) is 3.62. The van der Waals surface area contributed by atoms with Crippen LogP contribution in [0.5, 0.6) is 0 Å². The lowest BCUT2D eigenvalue weighted by atomic mass is 9.85. The molecule has 1 aliphatic rings. The Labute approximate surface area is 115 Å². The summed E-state index contributed by atoms with van der Waals surface area (Å²) in [6.45, 7) is 3.23. The molecule has 0 bridgehead atoms. The van der Waals surface area contributed by atoms with Crippen LogP contribution in [0.3, 0.4) is 0 Å². The van der Waals surface area contributed by atoms with E-state index < -0.39 is 0 Å². The zero-order valence-corrected chi connectivity index (χ0v) is 11.5. The van der Waals surface area contributed by atoms with Crippen molar-refractivity contribution in [1.82, 2.24) is 5.32 Å². The van der Waals surface area contributed by atoms with Crippen molar-refractivity contribution in [3.8, 4) is 11.1 Å². The highest BCUT2D eigenvalue weighted by molar-refractivity contribution is 5.65. The molecule has 2 aromatic rings. The van der Waals surface area contributed by atoms with E-state index in [1.165, 1.54) is 41.5 Å². The first kappa shape index (κ1) is 12.4. The fourth-order valence-corrected chi connectivity index (χ4v) is 3.07. The molecule has 98 valence electrons. The Morgan fingerprint density at radius 3 is 2.68 bits per heavy atom. The number of fused-ring (bicyclic) bond motifs is 1. The van der Waals surface area contributed by atoms with Crippen molar-refractivity contribution >= 4 is 0 Å². The Kier molecular flexibility index (Phi) is 3.65. The van der Waals surface area contributed by atoms with Gasteiger partial charge in [0.2, 0.25) is 0 Å². The normalized spacial score (nSPS) is 18.1. The third-order valence-corrected chi connectivity index (χ3v) is 4.02. The molecule has 2 aromatic carbocycles. The molecule has 1 aliphatic carbocycles. The molecular weight excluding hydrogens is 230 g/mol. The fourth-order valence-electron chi connectivity index (χ4n) is 3.07. The first-order chi connectivity index (χ1) is 9.38. The van der Waals surface area contributed by atoms with Gasteiger partial charge in [0.05, 0.1) is 0 Å². The molecular formula is C18H21N. The number of rotatable bonds is 3. The standard InChI is InChI=1S/C18H21N/c1-2-19-18-10-6-9-15-11-12-16(13-17(15)18)14-7-4-3-5-8-14/h3-5,7-8,11-13,18-19H,2,6,9-10H2,1H3. The second-order valence-corrected chi connectivity index (χ2v) is 5.28. The van der Waals surface area contributed by atoms with Gasteiger partial charge in [0.25, 0.3) is 0 Å². The molecule has 0 fully saturated rings. The average Bonchev–Trinajstić information content (AvgIpc) is 2.48. The fraction of sp³-hybridized carbons (Fsp3) is 0.333. The van der Waals surface area contributed by atoms with Gasteiger partial charge in [0.15, 0.2) is 0 Å². The summed E-state index contributed by atoms with van der Waals surface area (Å²) in [6, 6.07) is 18.2. The van der Waals surface area contributed by atoms with Gasteiger partial charge in [-0.05, 0) is 54.1 Å².